The van der Waals surface area contributed by atoms with E-state index in [9.17, 15) is 4.79 Å². The first-order valence-corrected chi connectivity index (χ1v) is 8.98. The Bertz CT molecular complexity index is 759. The van der Waals surface area contributed by atoms with Gasteiger partial charge in [-0.1, -0.05) is 42.5 Å². The van der Waals surface area contributed by atoms with Crippen LogP contribution in [0.2, 0.25) is 0 Å². The topological polar surface area (TPSA) is 71.3 Å². The molecule has 0 radical (unpaired) electrons. The number of rotatable bonds is 7. The maximum absolute atomic E-state index is 11.9. The van der Waals surface area contributed by atoms with E-state index in [4.69, 9.17) is 14.7 Å². The zero-order valence-electron chi connectivity index (χ0n) is 16.1. The van der Waals surface area contributed by atoms with E-state index in [1.54, 1.807) is 20.8 Å². The van der Waals surface area contributed by atoms with Crippen LogP contribution in [0.15, 0.2) is 54.6 Å². The summed E-state index contributed by atoms with van der Waals surface area (Å²) >= 11 is 0. The van der Waals surface area contributed by atoms with Crippen molar-refractivity contribution >= 4 is 6.09 Å². The first-order chi connectivity index (χ1) is 12.9. The minimum Gasteiger partial charge on any atom is -0.489 e. The van der Waals surface area contributed by atoms with Gasteiger partial charge in [0.05, 0.1) is 12.5 Å². The van der Waals surface area contributed by atoms with Crippen molar-refractivity contribution < 1.29 is 14.3 Å². The summed E-state index contributed by atoms with van der Waals surface area (Å²) in [5, 5.41) is 11.8. The molecule has 0 spiro atoms. The van der Waals surface area contributed by atoms with E-state index in [1.165, 1.54) is 0 Å². The minimum absolute atomic E-state index is 0.214. The summed E-state index contributed by atoms with van der Waals surface area (Å²) in [4.78, 5) is 11.9. The lowest BCUT2D eigenvalue weighted by Crippen LogP contribution is -2.40. The Morgan fingerprint density at radius 3 is 2.33 bits per heavy atom. The second kappa shape index (κ2) is 9.63. The highest BCUT2D eigenvalue weighted by atomic mass is 16.6. The molecule has 5 nitrogen and oxygen atoms in total. The summed E-state index contributed by atoms with van der Waals surface area (Å²) in [7, 11) is 0. The Kier molecular flexibility index (Phi) is 7.25. The highest BCUT2D eigenvalue weighted by Gasteiger charge is 2.19. The van der Waals surface area contributed by atoms with Crippen molar-refractivity contribution in [3.63, 3.8) is 0 Å². The Balaban J connectivity index is 1.90. The zero-order chi connectivity index (χ0) is 19.7. The number of carbonyl (C=O) groups is 1. The third kappa shape index (κ3) is 7.83. The second-order valence-corrected chi connectivity index (χ2v) is 7.33. The summed E-state index contributed by atoms with van der Waals surface area (Å²) in [5.41, 5.74) is 1.55. The normalized spacial score (nSPS) is 11.9. The molecule has 0 aliphatic heterocycles. The molecular formula is C22H26N2O3. The number of carbonyl (C=O) groups excluding carboxylic acids is 1. The molecule has 1 atom stereocenters. The number of nitrogens with one attached hydrogen (secondary N) is 1. The van der Waals surface area contributed by atoms with Crippen LogP contribution in [0.3, 0.4) is 0 Å². The summed E-state index contributed by atoms with van der Waals surface area (Å²) in [6.45, 7) is 5.93. The Morgan fingerprint density at radius 1 is 1.07 bits per heavy atom. The van der Waals surface area contributed by atoms with Crippen LogP contribution in [-0.2, 0) is 17.8 Å². The zero-order valence-corrected chi connectivity index (χ0v) is 16.1. The van der Waals surface area contributed by atoms with E-state index in [1.807, 2.05) is 54.6 Å². The fraction of sp³-hybridized carbons (Fsp3) is 0.364. The number of ether oxygens (including phenoxy) is 2. The van der Waals surface area contributed by atoms with E-state index in [-0.39, 0.29) is 12.5 Å². The van der Waals surface area contributed by atoms with Gasteiger partial charge in [-0.05, 0) is 50.5 Å². The van der Waals surface area contributed by atoms with Gasteiger partial charge in [0.2, 0.25) is 0 Å². The standard InChI is InChI=1S/C22H26N2O3/c1-22(2,3)27-21(25)24-19(13-14-23)15-17-9-11-20(12-10-17)26-16-18-7-5-4-6-8-18/h4-12,19H,13,15-16H2,1-3H3,(H,24,25). The molecule has 0 aliphatic rings. The van der Waals surface area contributed by atoms with Gasteiger partial charge in [-0.25, -0.2) is 4.79 Å². The molecule has 0 aromatic heterocycles. The molecule has 0 fully saturated rings. The average molecular weight is 366 g/mol. The van der Waals surface area contributed by atoms with Crippen LogP contribution >= 0.6 is 0 Å². The molecule has 27 heavy (non-hydrogen) atoms. The predicted molar refractivity (Wildman–Crippen MR) is 104 cm³/mol. The van der Waals surface area contributed by atoms with E-state index in [2.05, 4.69) is 11.4 Å². The monoisotopic (exact) mass is 366 g/mol. The third-order valence-corrected chi connectivity index (χ3v) is 3.71. The maximum Gasteiger partial charge on any atom is 0.407 e. The van der Waals surface area contributed by atoms with Crippen LogP contribution in [0.1, 0.15) is 38.3 Å². The molecular weight excluding hydrogens is 340 g/mol. The SMILES string of the molecule is CC(C)(C)OC(=O)NC(CC#N)Cc1ccc(OCc2ccccc2)cc1. The molecule has 1 unspecified atom stereocenters. The molecule has 5 heteroatoms. The fourth-order valence-electron chi connectivity index (χ4n) is 2.51. The molecule has 2 rings (SSSR count). The number of alkyl carbamates (subject to hydrolysis) is 1. The lowest BCUT2D eigenvalue weighted by atomic mass is 10.0. The molecule has 2 aromatic carbocycles. The van der Waals surface area contributed by atoms with Gasteiger partial charge in [-0.15, -0.1) is 0 Å². The van der Waals surface area contributed by atoms with E-state index < -0.39 is 11.7 Å². The molecule has 1 N–H and O–H groups in total. The van der Waals surface area contributed by atoms with Gasteiger partial charge in [0, 0.05) is 6.04 Å². The Labute approximate surface area is 160 Å². The molecule has 0 saturated heterocycles. The molecule has 0 bridgehead atoms. The molecule has 0 heterocycles. The van der Waals surface area contributed by atoms with E-state index >= 15 is 0 Å². The predicted octanol–water partition coefficient (Wildman–Crippen LogP) is 4.62. The number of nitrogens with zero attached hydrogens (tertiary/aromatic N) is 1. The quantitative estimate of drug-likeness (QED) is 0.776. The van der Waals surface area contributed by atoms with Gasteiger partial charge in [0.25, 0.3) is 0 Å². The molecule has 0 aliphatic carbocycles. The number of hydrogen-bond acceptors (Lipinski definition) is 4. The van der Waals surface area contributed by atoms with Crippen LogP contribution in [-0.4, -0.2) is 17.7 Å². The number of hydrogen-bond donors (Lipinski definition) is 1. The second-order valence-electron chi connectivity index (χ2n) is 7.33. The fourth-order valence-corrected chi connectivity index (χ4v) is 2.51. The largest absolute Gasteiger partial charge is 0.489 e. The van der Waals surface area contributed by atoms with Crippen LogP contribution in [0.25, 0.3) is 0 Å². The van der Waals surface area contributed by atoms with Crippen molar-refractivity contribution in [1.82, 2.24) is 5.32 Å². The van der Waals surface area contributed by atoms with Gasteiger partial charge in [0.15, 0.2) is 0 Å². The van der Waals surface area contributed by atoms with Crippen molar-refractivity contribution in [3.05, 3.63) is 65.7 Å². The lowest BCUT2D eigenvalue weighted by molar-refractivity contribution is 0.0505. The summed E-state index contributed by atoms with van der Waals surface area (Å²) in [6, 6.07) is 19.5. The van der Waals surface area contributed by atoms with Crippen molar-refractivity contribution in [1.29, 1.82) is 5.26 Å². The summed E-state index contributed by atoms with van der Waals surface area (Å²) in [6.07, 6.45) is 0.252. The van der Waals surface area contributed by atoms with Gasteiger partial charge in [-0.2, -0.15) is 5.26 Å². The highest BCUT2D eigenvalue weighted by Crippen LogP contribution is 2.16. The van der Waals surface area contributed by atoms with Crippen LogP contribution < -0.4 is 10.1 Å². The van der Waals surface area contributed by atoms with Gasteiger partial charge < -0.3 is 14.8 Å². The first kappa shape index (κ1) is 20.3. The Hall–Kier alpha value is -3.00. The third-order valence-electron chi connectivity index (χ3n) is 3.71. The average Bonchev–Trinajstić information content (AvgIpc) is 2.60. The smallest absolute Gasteiger partial charge is 0.407 e. The Morgan fingerprint density at radius 2 is 1.74 bits per heavy atom. The number of amides is 1. The van der Waals surface area contributed by atoms with Crippen molar-refractivity contribution in [2.24, 2.45) is 0 Å². The van der Waals surface area contributed by atoms with Gasteiger partial charge in [-0.3, -0.25) is 0 Å². The van der Waals surface area contributed by atoms with Gasteiger partial charge >= 0.3 is 6.09 Å². The minimum atomic E-state index is -0.570. The first-order valence-electron chi connectivity index (χ1n) is 8.98. The van der Waals surface area contributed by atoms with Gasteiger partial charge in [0.1, 0.15) is 18.0 Å². The van der Waals surface area contributed by atoms with Crippen LogP contribution in [0, 0.1) is 11.3 Å². The number of benzene rings is 2. The van der Waals surface area contributed by atoms with Crippen molar-refractivity contribution in [2.45, 2.75) is 51.9 Å². The number of nitriles is 1. The summed E-state index contributed by atoms with van der Waals surface area (Å²) in [5.74, 6) is 0.777. The highest BCUT2D eigenvalue weighted by molar-refractivity contribution is 5.68. The van der Waals surface area contributed by atoms with Crippen LogP contribution in [0.4, 0.5) is 4.79 Å². The molecule has 2 aromatic rings. The van der Waals surface area contributed by atoms with E-state index in [0.29, 0.717) is 13.0 Å². The van der Waals surface area contributed by atoms with Crippen molar-refractivity contribution in [2.75, 3.05) is 0 Å². The lowest BCUT2D eigenvalue weighted by Gasteiger charge is -2.22. The van der Waals surface area contributed by atoms with Crippen molar-refractivity contribution in [3.8, 4) is 11.8 Å². The molecule has 142 valence electrons. The molecule has 0 saturated carbocycles. The molecule has 1 amide bonds. The van der Waals surface area contributed by atoms with E-state index in [0.717, 1.165) is 16.9 Å². The summed E-state index contributed by atoms with van der Waals surface area (Å²) < 4.78 is 11.0. The maximum atomic E-state index is 11.9. The van der Waals surface area contributed by atoms with Crippen LogP contribution in [0.5, 0.6) is 5.75 Å².